The minimum Gasteiger partial charge on any atom is -0.295 e. The molecular formula is C11H18O. The van der Waals surface area contributed by atoms with Gasteiger partial charge in [-0.3, -0.25) is 4.79 Å². The third-order valence-corrected chi connectivity index (χ3v) is 2.89. The summed E-state index contributed by atoms with van der Waals surface area (Å²) in [6.45, 7) is 4.42. The lowest BCUT2D eigenvalue weighted by molar-refractivity contribution is -0.114. The predicted octanol–water partition coefficient (Wildman–Crippen LogP) is 2.96. The Balaban J connectivity index is 2.65. The highest BCUT2D eigenvalue weighted by Gasteiger charge is 2.19. The van der Waals surface area contributed by atoms with Gasteiger partial charge < -0.3 is 0 Å². The number of carbonyl (C=O) groups excluding carboxylic acids is 1. The first-order chi connectivity index (χ1) is 5.77. The molecule has 0 saturated heterocycles. The summed E-state index contributed by atoms with van der Waals surface area (Å²) < 4.78 is 0. The second-order valence-corrected chi connectivity index (χ2v) is 3.60. The summed E-state index contributed by atoms with van der Waals surface area (Å²) in [6.07, 6.45) is 8.11. The number of carbonyl (C=O) groups is 1. The Kier molecular flexibility index (Phi) is 3.51. The summed E-state index contributed by atoms with van der Waals surface area (Å²) in [7, 11) is 0. The minimum absolute atomic E-state index is 0.310. The van der Waals surface area contributed by atoms with Crippen molar-refractivity contribution in [2.24, 2.45) is 11.8 Å². The van der Waals surface area contributed by atoms with Crippen molar-refractivity contribution in [2.45, 2.75) is 39.5 Å². The molecule has 0 amide bonds. The fourth-order valence-electron chi connectivity index (χ4n) is 1.99. The van der Waals surface area contributed by atoms with E-state index in [1.165, 1.54) is 12.8 Å². The van der Waals surface area contributed by atoms with Crippen molar-refractivity contribution in [1.82, 2.24) is 0 Å². The molecule has 0 aliphatic heterocycles. The summed E-state index contributed by atoms with van der Waals surface area (Å²) in [5, 5.41) is 0. The van der Waals surface area contributed by atoms with E-state index in [0.29, 0.717) is 11.7 Å². The number of rotatable bonds is 2. The van der Waals surface area contributed by atoms with E-state index in [9.17, 15) is 4.79 Å². The molecule has 1 nitrogen and oxygen atoms in total. The van der Waals surface area contributed by atoms with E-state index in [0.717, 1.165) is 18.8 Å². The maximum Gasteiger partial charge on any atom is 0.155 e. The van der Waals surface area contributed by atoms with Crippen molar-refractivity contribution < 1.29 is 4.79 Å². The van der Waals surface area contributed by atoms with Crippen LogP contribution >= 0.6 is 0 Å². The van der Waals surface area contributed by atoms with Crippen LogP contribution in [0.2, 0.25) is 0 Å². The van der Waals surface area contributed by atoms with Crippen LogP contribution in [0.4, 0.5) is 0 Å². The second kappa shape index (κ2) is 4.44. The van der Waals surface area contributed by atoms with Gasteiger partial charge >= 0.3 is 0 Å². The fourth-order valence-corrected chi connectivity index (χ4v) is 1.99. The zero-order valence-electron chi connectivity index (χ0n) is 8.05. The molecule has 1 rings (SSSR count). The van der Waals surface area contributed by atoms with Gasteiger partial charge in [0.05, 0.1) is 0 Å². The fraction of sp³-hybridized carbons (Fsp3) is 0.727. The van der Waals surface area contributed by atoms with Gasteiger partial charge in [-0.25, -0.2) is 0 Å². The number of allylic oxidation sites excluding steroid dienone is 2. The molecule has 0 spiro atoms. The Labute approximate surface area is 74.9 Å². The molecule has 0 radical (unpaired) electrons. The van der Waals surface area contributed by atoms with Gasteiger partial charge in [-0.05, 0) is 30.8 Å². The van der Waals surface area contributed by atoms with Gasteiger partial charge in [0.1, 0.15) is 0 Å². The average molecular weight is 166 g/mol. The van der Waals surface area contributed by atoms with Crippen molar-refractivity contribution in [2.75, 3.05) is 0 Å². The van der Waals surface area contributed by atoms with Crippen LogP contribution in [-0.2, 0) is 4.79 Å². The molecule has 1 aliphatic rings. The molecule has 0 aromatic rings. The van der Waals surface area contributed by atoms with Crippen LogP contribution in [0.15, 0.2) is 12.2 Å². The zero-order valence-corrected chi connectivity index (χ0v) is 8.05. The predicted molar refractivity (Wildman–Crippen MR) is 50.9 cm³/mol. The molecule has 0 heterocycles. The monoisotopic (exact) mass is 166 g/mol. The van der Waals surface area contributed by atoms with Crippen molar-refractivity contribution in [1.29, 1.82) is 0 Å². The van der Waals surface area contributed by atoms with Gasteiger partial charge in [0.15, 0.2) is 5.78 Å². The molecule has 1 heteroatoms. The molecule has 0 fully saturated rings. The van der Waals surface area contributed by atoms with Crippen LogP contribution in [-0.4, -0.2) is 5.78 Å². The molecular weight excluding hydrogens is 148 g/mol. The summed E-state index contributed by atoms with van der Waals surface area (Å²) in [5.41, 5.74) is 0. The Hall–Kier alpha value is -0.590. The van der Waals surface area contributed by atoms with E-state index < -0.39 is 0 Å². The Morgan fingerprint density at radius 1 is 1.42 bits per heavy atom. The topological polar surface area (TPSA) is 17.1 Å². The first-order valence-electron chi connectivity index (χ1n) is 4.99. The highest BCUT2D eigenvalue weighted by Crippen LogP contribution is 2.27. The van der Waals surface area contributed by atoms with Crippen molar-refractivity contribution in [3.05, 3.63) is 12.2 Å². The maximum absolute atomic E-state index is 11.1. The molecule has 0 N–H and O–H groups in total. The first kappa shape index (κ1) is 9.50. The van der Waals surface area contributed by atoms with Gasteiger partial charge in [0.25, 0.3) is 0 Å². The van der Waals surface area contributed by atoms with Crippen molar-refractivity contribution >= 4 is 5.78 Å². The molecule has 2 unspecified atom stereocenters. The van der Waals surface area contributed by atoms with Gasteiger partial charge in [-0.2, -0.15) is 0 Å². The van der Waals surface area contributed by atoms with Crippen molar-refractivity contribution in [3.63, 3.8) is 0 Å². The summed E-state index contributed by atoms with van der Waals surface area (Å²) in [5.74, 6) is 1.68. The van der Waals surface area contributed by atoms with Gasteiger partial charge in [0.2, 0.25) is 0 Å². The van der Waals surface area contributed by atoms with Gasteiger partial charge in [-0.15, -0.1) is 0 Å². The summed E-state index contributed by atoms with van der Waals surface area (Å²) in [4.78, 5) is 11.1. The molecule has 1 aliphatic carbocycles. The molecule has 0 aromatic heterocycles. The van der Waals surface area contributed by atoms with E-state index >= 15 is 0 Å². The maximum atomic E-state index is 11.1. The van der Waals surface area contributed by atoms with E-state index in [-0.39, 0.29) is 0 Å². The molecule has 68 valence electrons. The zero-order chi connectivity index (χ0) is 8.97. The third-order valence-electron chi connectivity index (χ3n) is 2.89. The quantitative estimate of drug-likeness (QED) is 0.616. The molecule has 0 bridgehead atoms. The lowest BCUT2D eigenvalue weighted by Gasteiger charge is -2.19. The van der Waals surface area contributed by atoms with E-state index in [2.05, 4.69) is 19.9 Å². The molecule has 12 heavy (non-hydrogen) atoms. The third kappa shape index (κ3) is 2.20. The number of hydrogen-bond acceptors (Lipinski definition) is 1. The highest BCUT2D eigenvalue weighted by atomic mass is 16.1. The standard InChI is InChI=1S/C11H18O/c1-3-9-5-7-11(12)8-6-10(9)4-2/h5,7,9-10H,3-4,6,8H2,1-2H3. The van der Waals surface area contributed by atoms with E-state index in [4.69, 9.17) is 0 Å². The number of ketones is 1. The second-order valence-electron chi connectivity index (χ2n) is 3.60. The van der Waals surface area contributed by atoms with Crippen molar-refractivity contribution in [3.8, 4) is 0 Å². The Bertz CT molecular complexity index is 181. The van der Waals surface area contributed by atoms with E-state index in [1.807, 2.05) is 0 Å². The van der Waals surface area contributed by atoms with Crippen LogP contribution in [0, 0.1) is 11.8 Å². The number of hydrogen-bond donors (Lipinski definition) is 0. The van der Waals surface area contributed by atoms with Crippen LogP contribution < -0.4 is 0 Å². The lowest BCUT2D eigenvalue weighted by atomic mass is 9.86. The Morgan fingerprint density at radius 2 is 2.17 bits per heavy atom. The van der Waals surface area contributed by atoms with Gasteiger partial charge in [-0.1, -0.05) is 26.3 Å². The highest BCUT2D eigenvalue weighted by molar-refractivity contribution is 5.89. The smallest absolute Gasteiger partial charge is 0.155 e. The normalized spacial score (nSPS) is 30.3. The molecule has 0 saturated carbocycles. The largest absolute Gasteiger partial charge is 0.295 e. The van der Waals surface area contributed by atoms with Crippen LogP contribution in [0.3, 0.4) is 0 Å². The van der Waals surface area contributed by atoms with Gasteiger partial charge in [0, 0.05) is 6.42 Å². The summed E-state index contributed by atoms with van der Waals surface area (Å²) in [6, 6.07) is 0. The Morgan fingerprint density at radius 3 is 2.75 bits per heavy atom. The first-order valence-corrected chi connectivity index (χ1v) is 4.99. The molecule has 0 aromatic carbocycles. The summed E-state index contributed by atoms with van der Waals surface area (Å²) >= 11 is 0. The lowest BCUT2D eigenvalue weighted by Crippen LogP contribution is -2.09. The van der Waals surface area contributed by atoms with Crippen LogP contribution in [0.1, 0.15) is 39.5 Å². The van der Waals surface area contributed by atoms with E-state index in [1.54, 1.807) is 6.08 Å². The average Bonchev–Trinajstić information content (AvgIpc) is 2.27. The SMILES string of the molecule is CCC1C=CC(=O)CCC1CC. The molecule has 2 atom stereocenters. The van der Waals surface area contributed by atoms with Crippen LogP contribution in [0.5, 0.6) is 0 Å². The minimum atomic E-state index is 0.310. The van der Waals surface area contributed by atoms with Crippen LogP contribution in [0.25, 0.3) is 0 Å².